The lowest BCUT2D eigenvalue weighted by atomic mass is 10.1. The second-order valence-electron chi connectivity index (χ2n) is 8.54. The molecule has 0 spiro atoms. The predicted molar refractivity (Wildman–Crippen MR) is 144 cm³/mol. The number of guanidine groups is 2. The number of nitrogens with one attached hydrogen (secondary N) is 9. The van der Waals surface area contributed by atoms with E-state index in [0.717, 1.165) is 0 Å². The fourth-order valence-electron chi connectivity index (χ4n) is 3.03. The maximum absolute atomic E-state index is 12.7. The second-order valence-corrected chi connectivity index (χ2v) is 8.54. The Hall–Kier alpha value is -4.72. The summed E-state index contributed by atoms with van der Waals surface area (Å²) >= 11 is 0. The van der Waals surface area contributed by atoms with Crippen molar-refractivity contribution in [3.63, 3.8) is 0 Å². The highest BCUT2D eigenvalue weighted by Gasteiger charge is 2.24. The van der Waals surface area contributed by atoms with Gasteiger partial charge in [-0.05, 0) is 25.7 Å². The molecule has 5 amide bonds. The molecule has 0 saturated carbocycles. The summed E-state index contributed by atoms with van der Waals surface area (Å²) < 4.78 is 0. The number of carboxylic acid groups (broad SMARTS) is 1. The van der Waals surface area contributed by atoms with Crippen LogP contribution >= 0.6 is 0 Å². The Balaban J connectivity index is 4.91. The first-order valence-electron chi connectivity index (χ1n) is 12.4. The Morgan fingerprint density at radius 1 is 0.659 bits per heavy atom. The molecule has 0 radical (unpaired) electrons. The van der Waals surface area contributed by atoms with Gasteiger partial charge in [0.15, 0.2) is 11.9 Å². The summed E-state index contributed by atoms with van der Waals surface area (Å²) in [6.07, 6.45) is 1.01. The van der Waals surface area contributed by atoms with Gasteiger partial charge in [-0.15, -0.1) is 0 Å². The lowest BCUT2D eigenvalue weighted by Gasteiger charge is -2.20. The van der Waals surface area contributed by atoms with Crippen LogP contribution in [-0.4, -0.2) is 115 Å². The van der Waals surface area contributed by atoms with Crippen molar-refractivity contribution in [3.8, 4) is 0 Å². The van der Waals surface area contributed by atoms with Gasteiger partial charge in [-0.2, -0.15) is 0 Å². The molecule has 0 aliphatic heterocycles. The zero-order valence-corrected chi connectivity index (χ0v) is 22.4. The normalized spacial score (nSPS) is 12.4. The molecule has 0 saturated heterocycles. The van der Waals surface area contributed by atoms with E-state index >= 15 is 0 Å². The van der Waals surface area contributed by atoms with E-state index in [0.29, 0.717) is 13.0 Å². The fraction of sp³-hybridized carbons (Fsp3) is 0.619. The van der Waals surface area contributed by atoms with Crippen LogP contribution in [0.2, 0.25) is 0 Å². The van der Waals surface area contributed by atoms with Crippen molar-refractivity contribution < 1.29 is 39.0 Å². The van der Waals surface area contributed by atoms with Gasteiger partial charge in [0.25, 0.3) is 0 Å². The minimum absolute atomic E-state index is 0.0486. The van der Waals surface area contributed by atoms with E-state index in [9.17, 15) is 33.9 Å². The van der Waals surface area contributed by atoms with E-state index in [-0.39, 0.29) is 37.7 Å². The Morgan fingerprint density at radius 2 is 1.10 bits per heavy atom. The first kappa shape index (κ1) is 36.3. The van der Waals surface area contributed by atoms with Crippen LogP contribution in [0.15, 0.2) is 0 Å². The molecule has 0 aromatic carbocycles. The van der Waals surface area contributed by atoms with Gasteiger partial charge in [0.1, 0.15) is 18.6 Å². The van der Waals surface area contributed by atoms with E-state index in [4.69, 9.17) is 33.1 Å². The van der Waals surface area contributed by atoms with Crippen LogP contribution in [0, 0.1) is 10.8 Å². The monoisotopic (exact) mass is 588 g/mol. The van der Waals surface area contributed by atoms with Gasteiger partial charge in [-0.1, -0.05) is 0 Å². The van der Waals surface area contributed by atoms with Crippen molar-refractivity contribution in [2.75, 3.05) is 39.3 Å². The Kier molecular flexibility index (Phi) is 17.9. The molecule has 0 aliphatic carbocycles. The van der Waals surface area contributed by atoms with Gasteiger partial charge >= 0.3 is 5.97 Å². The molecule has 0 aromatic heterocycles. The summed E-state index contributed by atoms with van der Waals surface area (Å²) in [5.41, 5.74) is 16.2. The zero-order valence-electron chi connectivity index (χ0n) is 22.4. The number of carbonyl (C=O) groups excluding carboxylic acids is 5. The van der Waals surface area contributed by atoms with Crippen LogP contribution in [0.3, 0.4) is 0 Å². The maximum Gasteiger partial charge on any atom is 0.322 e. The molecular formula is C21H40N12O8. The number of hydrogen-bond acceptors (Lipinski definition) is 10. The molecule has 0 aliphatic rings. The predicted octanol–water partition coefficient (Wildman–Crippen LogP) is -6.76. The number of rotatable bonds is 20. The molecule has 0 rings (SSSR count). The molecule has 20 heteroatoms. The number of aliphatic carboxylic acids is 1. The van der Waals surface area contributed by atoms with Crippen LogP contribution in [0.5, 0.6) is 0 Å². The summed E-state index contributed by atoms with van der Waals surface area (Å²) in [6, 6.07) is -3.56. The first-order chi connectivity index (χ1) is 19.3. The zero-order chi connectivity index (χ0) is 31.4. The minimum atomic E-state index is -1.47. The number of amides is 5. The lowest BCUT2D eigenvalue weighted by Crippen LogP contribution is -2.54. The molecule has 3 unspecified atom stereocenters. The van der Waals surface area contributed by atoms with Crippen LogP contribution in [0.1, 0.15) is 25.7 Å². The first-order valence-corrected chi connectivity index (χ1v) is 12.4. The lowest BCUT2D eigenvalue weighted by molar-refractivity contribution is -0.138. The molecule has 3 atom stereocenters. The molecule has 20 nitrogen and oxygen atoms in total. The molecule has 0 aromatic rings. The van der Waals surface area contributed by atoms with Crippen molar-refractivity contribution in [2.45, 2.75) is 43.8 Å². The molecule has 0 heterocycles. The van der Waals surface area contributed by atoms with E-state index in [1.54, 1.807) is 0 Å². The van der Waals surface area contributed by atoms with Crippen LogP contribution in [0.4, 0.5) is 0 Å². The third-order valence-corrected chi connectivity index (χ3v) is 5.08. The highest BCUT2D eigenvalue weighted by atomic mass is 16.4. The number of carboxylic acids is 1. The molecule has 0 bridgehead atoms. The summed E-state index contributed by atoms with van der Waals surface area (Å²) in [5.74, 6) is -5.81. The third-order valence-electron chi connectivity index (χ3n) is 5.08. The van der Waals surface area contributed by atoms with Gasteiger partial charge < -0.3 is 64.6 Å². The molecule has 41 heavy (non-hydrogen) atoms. The highest BCUT2D eigenvalue weighted by Crippen LogP contribution is 1.98. The Labute approximate surface area is 235 Å². The smallest absolute Gasteiger partial charge is 0.322 e. The quantitative estimate of drug-likeness (QED) is 0.0357. The SMILES string of the molecule is N=C(N)NCCCC(N)C(=O)NCC(=O)NC(CCCNC(=N)N)C(=O)NCC(=O)NC(CO)C(=O)NCC(=O)O. The van der Waals surface area contributed by atoms with Crippen molar-refractivity contribution in [1.29, 1.82) is 10.8 Å². The Morgan fingerprint density at radius 3 is 1.59 bits per heavy atom. The summed E-state index contributed by atoms with van der Waals surface area (Å²) in [5, 5.41) is 48.4. The maximum atomic E-state index is 12.7. The highest BCUT2D eigenvalue weighted by molar-refractivity contribution is 5.94. The molecular weight excluding hydrogens is 548 g/mol. The average molecular weight is 589 g/mol. The van der Waals surface area contributed by atoms with Gasteiger partial charge in [0.2, 0.25) is 29.5 Å². The Bertz CT molecular complexity index is 947. The number of hydrogen-bond donors (Lipinski definition) is 14. The fourth-order valence-corrected chi connectivity index (χ4v) is 3.03. The standard InChI is InChI=1S/C21H40N12O8/c22-11(3-1-5-27-20(23)24)17(39)29-7-14(35)32-12(4-2-6-28-21(25)26)18(40)30-8-15(36)33-13(10-34)19(41)31-9-16(37)38/h11-13,34H,1-10,22H2,(H,29,39)(H,30,40)(H,31,41)(H,32,35)(H,33,36)(H,37,38)(H4,23,24,27)(H4,25,26,28). The number of aliphatic hydroxyl groups excluding tert-OH is 1. The van der Waals surface area contributed by atoms with E-state index in [1.807, 2.05) is 5.32 Å². The second kappa shape index (κ2) is 20.2. The number of carbonyl (C=O) groups is 6. The van der Waals surface area contributed by atoms with Crippen molar-refractivity contribution in [2.24, 2.45) is 17.2 Å². The van der Waals surface area contributed by atoms with Crippen LogP contribution < -0.4 is 54.4 Å². The number of nitrogens with two attached hydrogens (primary N) is 3. The minimum Gasteiger partial charge on any atom is -0.480 e. The topological polar surface area (TPSA) is 353 Å². The van der Waals surface area contributed by atoms with Crippen molar-refractivity contribution in [1.82, 2.24) is 37.2 Å². The van der Waals surface area contributed by atoms with Gasteiger partial charge in [0.05, 0.1) is 25.7 Å². The molecule has 232 valence electrons. The van der Waals surface area contributed by atoms with Gasteiger partial charge in [0, 0.05) is 13.1 Å². The average Bonchev–Trinajstić information content (AvgIpc) is 2.91. The largest absolute Gasteiger partial charge is 0.480 e. The van der Waals surface area contributed by atoms with Crippen molar-refractivity contribution >= 4 is 47.4 Å². The molecule has 0 fully saturated rings. The number of aliphatic hydroxyl groups is 1. The van der Waals surface area contributed by atoms with Crippen LogP contribution in [0.25, 0.3) is 0 Å². The molecule has 17 N–H and O–H groups in total. The van der Waals surface area contributed by atoms with E-state index in [2.05, 4.69) is 31.9 Å². The summed E-state index contributed by atoms with van der Waals surface area (Å²) in [4.78, 5) is 71.8. The van der Waals surface area contributed by atoms with Gasteiger partial charge in [-0.3, -0.25) is 39.6 Å². The van der Waals surface area contributed by atoms with Crippen molar-refractivity contribution in [3.05, 3.63) is 0 Å². The van der Waals surface area contributed by atoms with Crippen LogP contribution in [-0.2, 0) is 28.8 Å². The van der Waals surface area contributed by atoms with E-state index < -0.39 is 79.9 Å². The van der Waals surface area contributed by atoms with Gasteiger partial charge in [-0.25, -0.2) is 0 Å². The van der Waals surface area contributed by atoms with E-state index in [1.165, 1.54) is 0 Å². The third kappa shape index (κ3) is 18.2. The summed E-state index contributed by atoms with van der Waals surface area (Å²) in [6.45, 7) is -2.18. The summed E-state index contributed by atoms with van der Waals surface area (Å²) in [7, 11) is 0.